The van der Waals surface area contributed by atoms with Gasteiger partial charge in [-0.1, -0.05) is 38.1 Å². The first-order valence-corrected chi connectivity index (χ1v) is 9.27. The van der Waals surface area contributed by atoms with Gasteiger partial charge in [-0.15, -0.1) is 0 Å². The van der Waals surface area contributed by atoms with Crippen molar-refractivity contribution in [2.75, 3.05) is 33.0 Å². The number of ether oxygens (including phenoxy) is 4. The van der Waals surface area contributed by atoms with Gasteiger partial charge >= 0.3 is 0 Å². The molecule has 0 aliphatic rings. The summed E-state index contributed by atoms with van der Waals surface area (Å²) in [7, 11) is 0. The van der Waals surface area contributed by atoms with Gasteiger partial charge in [0.1, 0.15) is 19.0 Å². The van der Waals surface area contributed by atoms with E-state index in [-0.39, 0.29) is 0 Å². The molecule has 0 aromatic heterocycles. The van der Waals surface area contributed by atoms with Crippen LogP contribution in [0.5, 0.6) is 17.2 Å². The Balaban J connectivity index is 1.68. The summed E-state index contributed by atoms with van der Waals surface area (Å²) in [5.41, 5.74) is 2.43. The Morgan fingerprint density at radius 3 is 2.00 bits per heavy atom. The highest BCUT2D eigenvalue weighted by molar-refractivity contribution is 5.40. The molecular weight excluding hydrogens is 328 g/mol. The lowest BCUT2D eigenvalue weighted by Crippen LogP contribution is -2.13. The lowest BCUT2D eigenvalue weighted by molar-refractivity contribution is 0.0752. The smallest absolute Gasteiger partial charge is 0.161 e. The SMILES string of the molecule is CCOc1ccccc1OCCOCCOc1cc(C)ccc1C(C)C. The van der Waals surface area contributed by atoms with Crippen LogP contribution in [0.15, 0.2) is 42.5 Å². The number of rotatable bonds is 11. The summed E-state index contributed by atoms with van der Waals surface area (Å²) in [6, 6.07) is 14.0. The Morgan fingerprint density at radius 1 is 0.769 bits per heavy atom. The maximum atomic E-state index is 5.91. The molecule has 2 aromatic carbocycles. The Bertz CT molecular complexity index is 667. The average molecular weight is 358 g/mol. The fourth-order valence-corrected chi connectivity index (χ4v) is 2.61. The monoisotopic (exact) mass is 358 g/mol. The van der Waals surface area contributed by atoms with Gasteiger partial charge in [-0.2, -0.15) is 0 Å². The van der Waals surface area contributed by atoms with Crippen molar-refractivity contribution in [1.29, 1.82) is 0 Å². The standard InChI is InChI=1S/C22H30O4/c1-5-24-20-8-6-7-9-21(20)25-14-12-23-13-15-26-22-16-18(4)10-11-19(22)17(2)3/h6-11,16-17H,5,12-15H2,1-4H3. The van der Waals surface area contributed by atoms with Crippen molar-refractivity contribution in [3.8, 4) is 17.2 Å². The van der Waals surface area contributed by atoms with Crippen LogP contribution in [-0.4, -0.2) is 33.0 Å². The van der Waals surface area contributed by atoms with Crippen molar-refractivity contribution >= 4 is 0 Å². The fraction of sp³-hybridized carbons (Fsp3) is 0.455. The zero-order valence-corrected chi connectivity index (χ0v) is 16.3. The number of hydrogen-bond acceptors (Lipinski definition) is 4. The van der Waals surface area contributed by atoms with E-state index in [4.69, 9.17) is 18.9 Å². The summed E-state index contributed by atoms with van der Waals surface area (Å²) in [6.45, 7) is 11.0. The van der Waals surface area contributed by atoms with E-state index in [0.717, 1.165) is 17.2 Å². The Hall–Kier alpha value is -2.20. The molecule has 4 heteroatoms. The van der Waals surface area contributed by atoms with Gasteiger partial charge in [0.15, 0.2) is 11.5 Å². The summed E-state index contributed by atoms with van der Waals surface area (Å²) < 4.78 is 22.8. The predicted octanol–water partition coefficient (Wildman–Crippen LogP) is 4.99. The first kappa shape index (κ1) is 20.1. The van der Waals surface area contributed by atoms with E-state index in [2.05, 4.69) is 39.0 Å². The second-order valence-corrected chi connectivity index (χ2v) is 6.39. The molecule has 0 N–H and O–H groups in total. The van der Waals surface area contributed by atoms with E-state index < -0.39 is 0 Å². The van der Waals surface area contributed by atoms with Gasteiger partial charge < -0.3 is 18.9 Å². The number of benzene rings is 2. The molecule has 0 radical (unpaired) electrons. The van der Waals surface area contributed by atoms with Gasteiger partial charge in [-0.25, -0.2) is 0 Å². The molecule has 2 rings (SSSR count). The third kappa shape index (κ3) is 6.26. The molecule has 0 fully saturated rings. The topological polar surface area (TPSA) is 36.9 Å². The van der Waals surface area contributed by atoms with E-state index in [9.17, 15) is 0 Å². The van der Waals surface area contributed by atoms with E-state index >= 15 is 0 Å². The van der Waals surface area contributed by atoms with E-state index in [1.807, 2.05) is 31.2 Å². The maximum Gasteiger partial charge on any atom is 0.161 e. The lowest BCUT2D eigenvalue weighted by Gasteiger charge is -2.15. The van der Waals surface area contributed by atoms with Crippen LogP contribution in [0.1, 0.15) is 37.8 Å². The molecule has 26 heavy (non-hydrogen) atoms. The van der Waals surface area contributed by atoms with Gasteiger partial charge in [-0.05, 0) is 49.1 Å². The Kier molecular flexibility index (Phi) is 8.29. The average Bonchev–Trinajstić information content (AvgIpc) is 2.62. The molecule has 4 nitrogen and oxygen atoms in total. The normalized spacial score (nSPS) is 10.8. The summed E-state index contributed by atoms with van der Waals surface area (Å²) in [6.07, 6.45) is 0. The highest BCUT2D eigenvalue weighted by atomic mass is 16.6. The number of hydrogen-bond donors (Lipinski definition) is 0. The minimum atomic E-state index is 0.435. The minimum Gasteiger partial charge on any atom is -0.491 e. The molecule has 0 aliphatic heterocycles. The molecule has 2 aromatic rings. The maximum absolute atomic E-state index is 5.91. The second-order valence-electron chi connectivity index (χ2n) is 6.39. The Labute approximate surface area is 157 Å². The zero-order valence-electron chi connectivity index (χ0n) is 16.3. The summed E-state index contributed by atoms with van der Waals surface area (Å²) in [4.78, 5) is 0. The van der Waals surface area contributed by atoms with Crippen molar-refractivity contribution in [3.05, 3.63) is 53.6 Å². The van der Waals surface area contributed by atoms with Crippen molar-refractivity contribution in [2.45, 2.75) is 33.6 Å². The first-order chi connectivity index (χ1) is 12.6. The predicted molar refractivity (Wildman–Crippen MR) is 105 cm³/mol. The third-order valence-electron chi connectivity index (χ3n) is 3.91. The summed E-state index contributed by atoms with van der Waals surface area (Å²) >= 11 is 0. The van der Waals surface area contributed by atoms with Crippen LogP contribution >= 0.6 is 0 Å². The third-order valence-corrected chi connectivity index (χ3v) is 3.91. The first-order valence-electron chi connectivity index (χ1n) is 9.27. The minimum absolute atomic E-state index is 0.435. The quantitative estimate of drug-likeness (QED) is 0.530. The van der Waals surface area contributed by atoms with Crippen molar-refractivity contribution in [1.82, 2.24) is 0 Å². The molecular formula is C22H30O4. The highest BCUT2D eigenvalue weighted by Gasteiger charge is 2.08. The molecule has 0 spiro atoms. The van der Waals surface area contributed by atoms with Gasteiger partial charge in [0.25, 0.3) is 0 Å². The van der Waals surface area contributed by atoms with Crippen LogP contribution in [-0.2, 0) is 4.74 Å². The van der Waals surface area contributed by atoms with E-state index in [1.165, 1.54) is 11.1 Å². The van der Waals surface area contributed by atoms with Gasteiger partial charge in [0.2, 0.25) is 0 Å². The van der Waals surface area contributed by atoms with E-state index in [1.54, 1.807) is 0 Å². The van der Waals surface area contributed by atoms with Crippen LogP contribution in [0, 0.1) is 6.92 Å². The highest BCUT2D eigenvalue weighted by Crippen LogP contribution is 2.27. The second kappa shape index (κ2) is 10.7. The molecule has 0 saturated carbocycles. The molecule has 0 unspecified atom stereocenters. The van der Waals surface area contributed by atoms with Crippen LogP contribution in [0.25, 0.3) is 0 Å². The van der Waals surface area contributed by atoms with Crippen molar-refractivity contribution in [2.24, 2.45) is 0 Å². The molecule has 142 valence electrons. The van der Waals surface area contributed by atoms with Gasteiger partial charge in [0, 0.05) is 0 Å². The van der Waals surface area contributed by atoms with Crippen LogP contribution in [0.2, 0.25) is 0 Å². The molecule has 0 saturated heterocycles. The largest absolute Gasteiger partial charge is 0.491 e. The molecule has 0 amide bonds. The molecule has 0 heterocycles. The van der Waals surface area contributed by atoms with Crippen LogP contribution in [0.4, 0.5) is 0 Å². The van der Waals surface area contributed by atoms with Gasteiger partial charge in [-0.3, -0.25) is 0 Å². The number of aryl methyl sites for hydroxylation is 1. The van der Waals surface area contributed by atoms with Gasteiger partial charge in [0.05, 0.1) is 19.8 Å². The van der Waals surface area contributed by atoms with Crippen LogP contribution < -0.4 is 14.2 Å². The number of para-hydroxylation sites is 2. The summed E-state index contributed by atoms with van der Waals surface area (Å²) in [5.74, 6) is 2.89. The summed E-state index contributed by atoms with van der Waals surface area (Å²) in [5, 5.41) is 0. The fourth-order valence-electron chi connectivity index (χ4n) is 2.61. The Morgan fingerprint density at radius 2 is 1.38 bits per heavy atom. The zero-order chi connectivity index (χ0) is 18.8. The van der Waals surface area contributed by atoms with Crippen molar-refractivity contribution in [3.63, 3.8) is 0 Å². The van der Waals surface area contributed by atoms with Crippen LogP contribution in [0.3, 0.4) is 0 Å². The molecule has 0 atom stereocenters. The molecule has 0 aliphatic carbocycles. The van der Waals surface area contributed by atoms with Crippen molar-refractivity contribution < 1.29 is 18.9 Å². The molecule has 0 bridgehead atoms. The lowest BCUT2D eigenvalue weighted by atomic mass is 10.0. The van der Waals surface area contributed by atoms with E-state index in [0.29, 0.717) is 39.0 Å².